The minimum absolute atomic E-state index is 0.00785. The molecule has 0 atom stereocenters. The number of hydrogen-bond donors (Lipinski definition) is 1. The number of carboxylic acid groups (broad SMARTS) is 1. The van der Waals surface area contributed by atoms with Gasteiger partial charge in [0.15, 0.2) is 5.60 Å². The molecule has 3 aromatic rings. The van der Waals surface area contributed by atoms with E-state index in [0.717, 1.165) is 5.56 Å². The molecule has 0 unspecified atom stereocenters. The highest BCUT2D eigenvalue weighted by molar-refractivity contribution is 5.89. The van der Waals surface area contributed by atoms with E-state index in [9.17, 15) is 9.59 Å². The highest BCUT2D eigenvalue weighted by Gasteiger charge is 2.29. The first-order chi connectivity index (χ1) is 15.4. The van der Waals surface area contributed by atoms with Gasteiger partial charge in [-0.2, -0.15) is 0 Å². The predicted octanol–water partition coefficient (Wildman–Crippen LogP) is 4.22. The molecular formula is C25H29N3O5. The van der Waals surface area contributed by atoms with E-state index in [4.69, 9.17) is 14.6 Å². The Kier molecular flexibility index (Phi) is 6.86. The molecule has 33 heavy (non-hydrogen) atoms. The quantitative estimate of drug-likeness (QED) is 0.511. The highest BCUT2D eigenvalue weighted by atomic mass is 16.5. The van der Waals surface area contributed by atoms with Crippen LogP contribution in [0.25, 0.3) is 0 Å². The summed E-state index contributed by atoms with van der Waals surface area (Å²) in [6.07, 6.45) is 1.75. The molecule has 0 bridgehead atoms. The predicted molar refractivity (Wildman–Crippen MR) is 122 cm³/mol. The lowest BCUT2D eigenvalue weighted by Crippen LogP contribution is -2.37. The van der Waals surface area contributed by atoms with Crippen LogP contribution in [0.4, 0.5) is 0 Å². The zero-order valence-electron chi connectivity index (χ0n) is 19.5. The standard InChI is InChI=1S/C25H29N3O5/c1-24(2,3)19-10-6-17(7-11-19)14-28-15-20(26-27-28)16-32-22(29)18-8-12-21(13-9-18)33-25(4,5)23(30)31/h6-13,15H,14,16H2,1-5H3,(H,30,31). The van der Waals surface area contributed by atoms with Crippen molar-refractivity contribution in [3.63, 3.8) is 0 Å². The largest absolute Gasteiger partial charge is 0.478 e. The molecule has 174 valence electrons. The summed E-state index contributed by atoms with van der Waals surface area (Å²) in [6, 6.07) is 14.5. The molecule has 1 heterocycles. The third-order valence-corrected chi connectivity index (χ3v) is 5.08. The van der Waals surface area contributed by atoms with E-state index in [2.05, 4.69) is 55.3 Å². The van der Waals surface area contributed by atoms with Crippen molar-refractivity contribution in [2.24, 2.45) is 0 Å². The van der Waals surface area contributed by atoms with E-state index in [-0.39, 0.29) is 12.0 Å². The van der Waals surface area contributed by atoms with Gasteiger partial charge in [0.05, 0.1) is 18.3 Å². The fraction of sp³-hybridized carbons (Fsp3) is 0.360. The Balaban J connectivity index is 1.53. The normalized spacial score (nSPS) is 11.8. The second kappa shape index (κ2) is 9.44. The van der Waals surface area contributed by atoms with E-state index in [1.165, 1.54) is 43.7 Å². The van der Waals surface area contributed by atoms with E-state index < -0.39 is 17.5 Å². The number of esters is 1. The van der Waals surface area contributed by atoms with E-state index in [1.807, 2.05) is 0 Å². The molecule has 0 saturated carbocycles. The maximum Gasteiger partial charge on any atom is 0.347 e. The van der Waals surface area contributed by atoms with Gasteiger partial charge < -0.3 is 14.6 Å². The lowest BCUT2D eigenvalue weighted by molar-refractivity contribution is -0.152. The van der Waals surface area contributed by atoms with Crippen LogP contribution in [0, 0.1) is 0 Å². The summed E-state index contributed by atoms with van der Waals surface area (Å²) in [4.78, 5) is 23.5. The van der Waals surface area contributed by atoms with Gasteiger partial charge in [-0.15, -0.1) is 5.10 Å². The number of benzene rings is 2. The fourth-order valence-corrected chi connectivity index (χ4v) is 3.00. The Morgan fingerprint density at radius 1 is 0.970 bits per heavy atom. The molecule has 0 saturated heterocycles. The first-order valence-electron chi connectivity index (χ1n) is 10.6. The maximum atomic E-state index is 12.3. The number of carboxylic acids is 1. The van der Waals surface area contributed by atoms with E-state index in [1.54, 1.807) is 10.9 Å². The summed E-state index contributed by atoms with van der Waals surface area (Å²) in [5.41, 5.74) is 1.96. The van der Waals surface area contributed by atoms with Gasteiger partial charge in [0.25, 0.3) is 0 Å². The number of aliphatic carboxylic acids is 1. The minimum Gasteiger partial charge on any atom is -0.478 e. The number of aromatic nitrogens is 3. The number of hydrogen-bond acceptors (Lipinski definition) is 6. The second-order valence-corrected chi connectivity index (χ2v) is 9.37. The molecule has 0 aliphatic heterocycles. The van der Waals surface area contributed by atoms with Crippen LogP contribution in [0.3, 0.4) is 0 Å². The molecule has 0 radical (unpaired) electrons. The molecule has 0 fully saturated rings. The van der Waals surface area contributed by atoms with Crippen LogP contribution >= 0.6 is 0 Å². The SMILES string of the molecule is CC(C)(Oc1ccc(C(=O)OCc2cn(Cc3ccc(C(C)(C)C)cc3)nn2)cc1)C(=O)O. The van der Waals surface area contributed by atoms with Crippen molar-refractivity contribution in [2.75, 3.05) is 0 Å². The summed E-state index contributed by atoms with van der Waals surface area (Å²) in [7, 11) is 0. The number of rotatable bonds is 8. The van der Waals surface area contributed by atoms with Gasteiger partial charge in [0.1, 0.15) is 18.1 Å². The molecular weight excluding hydrogens is 422 g/mol. The average Bonchev–Trinajstić information content (AvgIpc) is 3.19. The summed E-state index contributed by atoms with van der Waals surface area (Å²) < 4.78 is 12.4. The van der Waals surface area contributed by atoms with Gasteiger partial charge in [-0.25, -0.2) is 14.3 Å². The monoisotopic (exact) mass is 451 g/mol. The van der Waals surface area contributed by atoms with Gasteiger partial charge in [-0.05, 0) is 54.7 Å². The number of carbonyl (C=O) groups excluding carboxylic acids is 1. The molecule has 0 aliphatic carbocycles. The topological polar surface area (TPSA) is 104 Å². The van der Waals surface area contributed by atoms with Gasteiger partial charge in [0, 0.05) is 0 Å². The van der Waals surface area contributed by atoms with E-state index in [0.29, 0.717) is 23.6 Å². The van der Waals surface area contributed by atoms with Crippen molar-refractivity contribution in [2.45, 2.75) is 58.8 Å². The minimum atomic E-state index is -1.37. The van der Waals surface area contributed by atoms with Crippen LogP contribution in [0.5, 0.6) is 5.75 Å². The van der Waals surface area contributed by atoms with Crippen molar-refractivity contribution < 1.29 is 24.2 Å². The lowest BCUT2D eigenvalue weighted by Gasteiger charge is -2.21. The summed E-state index contributed by atoms with van der Waals surface area (Å²) >= 11 is 0. The lowest BCUT2D eigenvalue weighted by atomic mass is 9.87. The molecule has 0 amide bonds. The molecule has 1 aromatic heterocycles. The van der Waals surface area contributed by atoms with Gasteiger partial charge >= 0.3 is 11.9 Å². The van der Waals surface area contributed by atoms with Crippen LogP contribution in [0.1, 0.15) is 61.8 Å². The smallest absolute Gasteiger partial charge is 0.347 e. The van der Waals surface area contributed by atoms with Gasteiger partial charge in [-0.1, -0.05) is 50.3 Å². The maximum absolute atomic E-state index is 12.3. The Labute approximate surface area is 193 Å². The summed E-state index contributed by atoms with van der Waals surface area (Å²) in [6.45, 7) is 9.99. The molecule has 0 spiro atoms. The Morgan fingerprint density at radius 3 is 2.18 bits per heavy atom. The van der Waals surface area contributed by atoms with Crippen LogP contribution in [-0.4, -0.2) is 37.6 Å². The second-order valence-electron chi connectivity index (χ2n) is 9.37. The van der Waals surface area contributed by atoms with Crippen molar-refractivity contribution in [1.82, 2.24) is 15.0 Å². The van der Waals surface area contributed by atoms with Crippen LogP contribution < -0.4 is 4.74 Å². The highest BCUT2D eigenvalue weighted by Crippen LogP contribution is 2.22. The third kappa shape index (κ3) is 6.41. The molecule has 8 heteroatoms. The van der Waals surface area contributed by atoms with Crippen molar-refractivity contribution in [3.05, 3.63) is 77.1 Å². The van der Waals surface area contributed by atoms with Gasteiger partial charge in [-0.3, -0.25) is 0 Å². The van der Waals surface area contributed by atoms with Crippen molar-refractivity contribution in [1.29, 1.82) is 0 Å². The van der Waals surface area contributed by atoms with Gasteiger partial charge in [0.2, 0.25) is 0 Å². The number of carbonyl (C=O) groups is 2. The number of nitrogens with zero attached hydrogens (tertiary/aromatic N) is 3. The molecule has 2 aromatic carbocycles. The Morgan fingerprint density at radius 2 is 1.61 bits per heavy atom. The molecule has 8 nitrogen and oxygen atoms in total. The summed E-state index contributed by atoms with van der Waals surface area (Å²) in [5.74, 6) is -1.26. The van der Waals surface area contributed by atoms with Crippen LogP contribution in [-0.2, 0) is 28.1 Å². The average molecular weight is 452 g/mol. The first kappa shape index (κ1) is 24.0. The first-order valence-corrected chi connectivity index (χ1v) is 10.6. The molecule has 0 aliphatic rings. The molecule has 3 rings (SSSR count). The van der Waals surface area contributed by atoms with E-state index >= 15 is 0 Å². The zero-order valence-corrected chi connectivity index (χ0v) is 19.5. The summed E-state index contributed by atoms with van der Waals surface area (Å²) in [5, 5.41) is 17.3. The van der Waals surface area contributed by atoms with Crippen LogP contribution in [0.2, 0.25) is 0 Å². The Hall–Kier alpha value is -3.68. The third-order valence-electron chi connectivity index (χ3n) is 5.08. The molecule has 1 N–H and O–H groups in total. The zero-order chi connectivity index (χ0) is 24.2. The fourth-order valence-electron chi connectivity index (χ4n) is 3.00. The van der Waals surface area contributed by atoms with Crippen LogP contribution in [0.15, 0.2) is 54.7 Å². The van der Waals surface area contributed by atoms with Crippen molar-refractivity contribution in [3.8, 4) is 5.75 Å². The van der Waals surface area contributed by atoms with Crippen molar-refractivity contribution >= 4 is 11.9 Å². The Bertz CT molecular complexity index is 1110. The number of ether oxygens (including phenoxy) is 2.